The van der Waals surface area contributed by atoms with Gasteiger partial charge < -0.3 is 14.4 Å². The van der Waals surface area contributed by atoms with E-state index in [-0.39, 0.29) is 11.3 Å². The first kappa shape index (κ1) is 20.9. The lowest BCUT2D eigenvalue weighted by Gasteiger charge is -2.26. The second-order valence-corrected chi connectivity index (χ2v) is 7.94. The fourth-order valence-electron chi connectivity index (χ4n) is 4.16. The molecule has 2 aromatic carbocycles. The molecule has 0 aliphatic carbocycles. The van der Waals surface area contributed by atoms with Gasteiger partial charge >= 0.3 is 0 Å². The first-order valence-electron chi connectivity index (χ1n) is 10.9. The molecular weight excluding hydrogens is 390 g/mol. The average Bonchev–Trinajstić information content (AvgIpc) is 3.34. The number of fused-ring (bicyclic) bond motifs is 1. The van der Waals surface area contributed by atoms with Gasteiger partial charge in [-0.15, -0.1) is 0 Å². The summed E-state index contributed by atoms with van der Waals surface area (Å²) in [4.78, 5) is 28.0. The van der Waals surface area contributed by atoms with Crippen molar-refractivity contribution in [1.29, 1.82) is 0 Å². The third-order valence-electron chi connectivity index (χ3n) is 5.90. The highest BCUT2D eigenvalue weighted by molar-refractivity contribution is 6.16. The quantitative estimate of drug-likeness (QED) is 0.373. The molecule has 5 nitrogen and oxygen atoms in total. The van der Waals surface area contributed by atoms with Crippen LogP contribution in [0.2, 0.25) is 0 Å². The SMILES string of the molecule is CCCCCN1C(=O)C(O)=C(C(=O)c2cc3ccccc3o2)C1c1ccc(CC)cc1. The number of Topliss-reactive ketones (excluding diaryl/α,β-unsaturated/α-hetero) is 1. The number of hydrogen-bond donors (Lipinski definition) is 1. The molecule has 1 amide bonds. The zero-order valence-electron chi connectivity index (χ0n) is 17.9. The summed E-state index contributed by atoms with van der Waals surface area (Å²) in [6.45, 7) is 4.65. The molecule has 0 bridgehead atoms. The Kier molecular flexibility index (Phi) is 5.94. The number of carbonyl (C=O) groups is 2. The normalized spacial score (nSPS) is 16.5. The highest BCUT2D eigenvalue weighted by Crippen LogP contribution is 2.39. The molecular formula is C26H27NO4. The number of furan rings is 1. The molecule has 1 aliphatic heterocycles. The van der Waals surface area contributed by atoms with Crippen molar-refractivity contribution in [3.8, 4) is 0 Å². The molecule has 31 heavy (non-hydrogen) atoms. The summed E-state index contributed by atoms with van der Waals surface area (Å²) in [5.74, 6) is -1.31. The molecule has 1 aliphatic rings. The number of rotatable bonds is 8. The molecule has 1 N–H and O–H groups in total. The van der Waals surface area contributed by atoms with Gasteiger partial charge in [0.1, 0.15) is 5.58 Å². The van der Waals surface area contributed by atoms with Crippen LogP contribution in [0.3, 0.4) is 0 Å². The Bertz CT molecular complexity index is 1110. The molecule has 0 saturated carbocycles. The van der Waals surface area contributed by atoms with Gasteiger partial charge in [0.2, 0.25) is 5.78 Å². The number of unbranched alkanes of at least 4 members (excludes halogenated alkanes) is 2. The molecule has 0 radical (unpaired) electrons. The monoisotopic (exact) mass is 417 g/mol. The van der Waals surface area contributed by atoms with Crippen molar-refractivity contribution >= 4 is 22.7 Å². The molecule has 1 atom stereocenters. The van der Waals surface area contributed by atoms with E-state index in [0.29, 0.717) is 12.1 Å². The van der Waals surface area contributed by atoms with E-state index in [2.05, 4.69) is 13.8 Å². The van der Waals surface area contributed by atoms with E-state index >= 15 is 0 Å². The van der Waals surface area contributed by atoms with E-state index in [9.17, 15) is 14.7 Å². The number of nitrogens with zero attached hydrogens (tertiary/aromatic N) is 1. The number of para-hydroxylation sites is 1. The Balaban J connectivity index is 1.76. The number of benzene rings is 2. The van der Waals surface area contributed by atoms with Crippen molar-refractivity contribution in [3.63, 3.8) is 0 Å². The zero-order valence-corrected chi connectivity index (χ0v) is 17.9. The van der Waals surface area contributed by atoms with Crippen LogP contribution < -0.4 is 0 Å². The second kappa shape index (κ2) is 8.80. The van der Waals surface area contributed by atoms with E-state index < -0.39 is 23.5 Å². The van der Waals surface area contributed by atoms with Gasteiger partial charge in [-0.05, 0) is 36.1 Å². The van der Waals surface area contributed by atoms with E-state index in [1.54, 1.807) is 17.0 Å². The summed E-state index contributed by atoms with van der Waals surface area (Å²) in [6.07, 6.45) is 3.70. The maximum atomic E-state index is 13.5. The molecule has 0 saturated heterocycles. The van der Waals surface area contributed by atoms with Crippen molar-refractivity contribution in [2.24, 2.45) is 0 Å². The molecule has 2 heterocycles. The molecule has 160 valence electrons. The van der Waals surface area contributed by atoms with E-state index in [4.69, 9.17) is 4.42 Å². The fourth-order valence-corrected chi connectivity index (χ4v) is 4.16. The van der Waals surface area contributed by atoms with Gasteiger partial charge in [-0.2, -0.15) is 0 Å². The smallest absolute Gasteiger partial charge is 0.290 e. The molecule has 1 aromatic heterocycles. The first-order valence-corrected chi connectivity index (χ1v) is 10.9. The molecule has 0 spiro atoms. The van der Waals surface area contributed by atoms with Gasteiger partial charge in [0, 0.05) is 11.9 Å². The lowest BCUT2D eigenvalue weighted by Crippen LogP contribution is -2.32. The van der Waals surface area contributed by atoms with Crippen molar-refractivity contribution in [1.82, 2.24) is 4.90 Å². The Morgan fingerprint density at radius 1 is 1.06 bits per heavy atom. The predicted molar refractivity (Wildman–Crippen MR) is 120 cm³/mol. The van der Waals surface area contributed by atoms with Crippen LogP contribution in [0, 0.1) is 0 Å². The van der Waals surface area contributed by atoms with Gasteiger partial charge in [-0.1, -0.05) is 69.2 Å². The van der Waals surface area contributed by atoms with Gasteiger partial charge in [0.05, 0.1) is 11.6 Å². The zero-order chi connectivity index (χ0) is 22.0. The second-order valence-electron chi connectivity index (χ2n) is 7.94. The lowest BCUT2D eigenvalue weighted by molar-refractivity contribution is -0.129. The van der Waals surface area contributed by atoms with Crippen molar-refractivity contribution in [3.05, 3.63) is 82.8 Å². The van der Waals surface area contributed by atoms with E-state index in [1.807, 2.05) is 42.5 Å². The van der Waals surface area contributed by atoms with Crippen LogP contribution in [0.5, 0.6) is 0 Å². The Labute approximate surface area is 182 Å². The summed E-state index contributed by atoms with van der Waals surface area (Å²) in [5, 5.41) is 11.6. The average molecular weight is 418 g/mol. The number of hydrogen-bond acceptors (Lipinski definition) is 4. The Morgan fingerprint density at radius 3 is 2.48 bits per heavy atom. The van der Waals surface area contributed by atoms with E-state index in [0.717, 1.165) is 36.6 Å². The predicted octanol–water partition coefficient (Wildman–Crippen LogP) is 5.76. The van der Waals surface area contributed by atoms with Crippen LogP contribution >= 0.6 is 0 Å². The van der Waals surface area contributed by atoms with Crippen LogP contribution in [-0.4, -0.2) is 28.2 Å². The molecule has 1 unspecified atom stereocenters. The highest BCUT2D eigenvalue weighted by Gasteiger charge is 2.44. The van der Waals surface area contributed by atoms with Crippen molar-refractivity contribution in [2.45, 2.75) is 45.6 Å². The summed E-state index contributed by atoms with van der Waals surface area (Å²) in [6, 6.07) is 16.3. The van der Waals surface area contributed by atoms with Crippen LogP contribution in [0.15, 0.2) is 70.3 Å². The lowest BCUT2D eigenvalue weighted by atomic mass is 9.94. The van der Waals surface area contributed by atoms with Crippen molar-refractivity contribution in [2.75, 3.05) is 6.54 Å². The number of aryl methyl sites for hydroxylation is 1. The van der Waals surface area contributed by atoms with Crippen molar-refractivity contribution < 1.29 is 19.1 Å². The third kappa shape index (κ3) is 3.88. The Morgan fingerprint density at radius 2 is 1.81 bits per heavy atom. The molecule has 0 fully saturated rings. The highest BCUT2D eigenvalue weighted by atomic mass is 16.3. The number of aliphatic hydroxyl groups is 1. The van der Waals surface area contributed by atoms with Gasteiger partial charge in [-0.25, -0.2) is 0 Å². The van der Waals surface area contributed by atoms with Crippen LogP contribution in [0.4, 0.5) is 0 Å². The summed E-state index contributed by atoms with van der Waals surface area (Å²) < 4.78 is 5.76. The fraction of sp³-hybridized carbons (Fsp3) is 0.308. The first-order chi connectivity index (χ1) is 15.0. The van der Waals surface area contributed by atoms with Crippen LogP contribution in [-0.2, 0) is 11.2 Å². The number of carbonyl (C=O) groups excluding carboxylic acids is 2. The number of ketones is 1. The van der Waals surface area contributed by atoms with Gasteiger partial charge in [0.25, 0.3) is 5.91 Å². The minimum absolute atomic E-state index is 0.0878. The summed E-state index contributed by atoms with van der Waals surface area (Å²) in [7, 11) is 0. The standard InChI is InChI=1S/C26H27NO4/c1-3-5-8-15-27-23(18-13-11-17(4-2)12-14-18)22(25(29)26(27)30)24(28)21-16-19-9-6-7-10-20(19)31-21/h6-7,9-14,16,23,29H,3-5,8,15H2,1-2H3. The third-order valence-corrected chi connectivity index (χ3v) is 5.90. The maximum Gasteiger partial charge on any atom is 0.290 e. The molecule has 3 aromatic rings. The Hall–Kier alpha value is -3.34. The van der Waals surface area contributed by atoms with Gasteiger partial charge in [-0.3, -0.25) is 9.59 Å². The molecule has 5 heteroatoms. The summed E-state index contributed by atoms with van der Waals surface area (Å²) in [5.41, 5.74) is 2.67. The summed E-state index contributed by atoms with van der Waals surface area (Å²) >= 11 is 0. The minimum Gasteiger partial charge on any atom is -0.503 e. The van der Waals surface area contributed by atoms with E-state index in [1.165, 1.54) is 5.56 Å². The number of amides is 1. The minimum atomic E-state index is -0.629. The topological polar surface area (TPSA) is 70.8 Å². The van der Waals surface area contributed by atoms with Gasteiger partial charge in [0.15, 0.2) is 11.5 Å². The van der Waals surface area contributed by atoms with Crippen LogP contribution in [0.1, 0.15) is 60.8 Å². The van der Waals surface area contributed by atoms with Crippen LogP contribution in [0.25, 0.3) is 11.0 Å². The largest absolute Gasteiger partial charge is 0.503 e. The maximum absolute atomic E-state index is 13.5. The molecule has 4 rings (SSSR count). The number of aliphatic hydroxyl groups excluding tert-OH is 1.